The molecule has 2 aromatic carbocycles. The molecule has 6 heteroatoms. The molecule has 23 heavy (non-hydrogen) atoms. The second-order valence-electron chi connectivity index (χ2n) is 4.94. The Balaban J connectivity index is 1.63. The number of benzene rings is 2. The van der Waals surface area contributed by atoms with Crippen LogP contribution in [0.25, 0.3) is 10.4 Å². The summed E-state index contributed by atoms with van der Waals surface area (Å²) in [6, 6.07) is 13.3. The highest BCUT2D eigenvalue weighted by molar-refractivity contribution is 7.15. The first-order chi connectivity index (χ1) is 11.1. The largest absolute Gasteiger partial charge is 0.306 e. The number of nitrogens with one attached hydrogen (secondary N) is 1. The van der Waals surface area contributed by atoms with Crippen molar-refractivity contribution < 1.29 is 0 Å². The highest BCUT2D eigenvalue weighted by atomic mass is 35.5. The number of thiazole rings is 1. The molecule has 1 N–H and O–H groups in total. The first-order valence-corrected chi connectivity index (χ1v) is 8.93. The fraction of sp³-hybridized carbons (Fsp3) is 0.118. The van der Waals surface area contributed by atoms with Crippen LogP contribution in [0.4, 0.5) is 0 Å². The minimum atomic E-state index is 0.642. The number of nitrogens with zero attached hydrogens (tertiary/aromatic N) is 1. The molecule has 0 spiro atoms. The molecule has 0 bridgehead atoms. The van der Waals surface area contributed by atoms with Crippen molar-refractivity contribution in [3.05, 3.63) is 74.3 Å². The van der Waals surface area contributed by atoms with Crippen LogP contribution in [0.1, 0.15) is 10.6 Å². The fourth-order valence-corrected chi connectivity index (χ4v) is 3.84. The number of halogens is 3. The van der Waals surface area contributed by atoms with Crippen molar-refractivity contribution in [1.29, 1.82) is 0 Å². The fourth-order valence-electron chi connectivity index (χ4n) is 2.15. The lowest BCUT2D eigenvalue weighted by atomic mass is 10.2. The predicted molar refractivity (Wildman–Crippen MR) is 99.6 cm³/mol. The summed E-state index contributed by atoms with van der Waals surface area (Å²) in [6.07, 6.45) is 1.86. The lowest BCUT2D eigenvalue weighted by Gasteiger charge is -2.05. The Morgan fingerprint density at radius 1 is 0.957 bits per heavy atom. The highest BCUT2D eigenvalue weighted by Gasteiger charge is 2.08. The summed E-state index contributed by atoms with van der Waals surface area (Å²) < 4.78 is 0. The standard InChI is InChI=1S/C17H13Cl3N2S/c18-12-6-5-11(15(20)7-12)8-21-10-17-22-9-16(23-17)13-3-1-2-4-14(13)19/h1-7,9,21H,8,10H2. The van der Waals surface area contributed by atoms with Gasteiger partial charge < -0.3 is 5.32 Å². The van der Waals surface area contributed by atoms with Crippen molar-refractivity contribution in [3.8, 4) is 10.4 Å². The van der Waals surface area contributed by atoms with E-state index in [2.05, 4.69) is 10.3 Å². The molecule has 0 atom stereocenters. The molecule has 3 aromatic rings. The summed E-state index contributed by atoms with van der Waals surface area (Å²) in [5, 5.41) is 6.40. The third kappa shape index (κ3) is 4.25. The first-order valence-electron chi connectivity index (χ1n) is 6.98. The number of rotatable bonds is 5. The minimum absolute atomic E-state index is 0.642. The van der Waals surface area contributed by atoms with Gasteiger partial charge in [0.05, 0.1) is 4.88 Å². The zero-order chi connectivity index (χ0) is 16.2. The third-order valence-electron chi connectivity index (χ3n) is 3.30. The molecule has 0 aliphatic carbocycles. The van der Waals surface area contributed by atoms with Gasteiger partial charge in [-0.25, -0.2) is 4.98 Å². The van der Waals surface area contributed by atoms with Crippen molar-refractivity contribution in [1.82, 2.24) is 10.3 Å². The van der Waals surface area contributed by atoms with Crippen molar-refractivity contribution in [2.45, 2.75) is 13.1 Å². The highest BCUT2D eigenvalue weighted by Crippen LogP contribution is 2.31. The van der Waals surface area contributed by atoms with Crippen LogP contribution >= 0.6 is 46.1 Å². The van der Waals surface area contributed by atoms with E-state index in [4.69, 9.17) is 34.8 Å². The van der Waals surface area contributed by atoms with E-state index in [9.17, 15) is 0 Å². The van der Waals surface area contributed by atoms with Gasteiger partial charge in [0.2, 0.25) is 0 Å². The van der Waals surface area contributed by atoms with E-state index in [1.807, 2.05) is 42.6 Å². The van der Waals surface area contributed by atoms with Gasteiger partial charge in [-0.2, -0.15) is 0 Å². The van der Waals surface area contributed by atoms with Gasteiger partial charge >= 0.3 is 0 Å². The van der Waals surface area contributed by atoms with Gasteiger partial charge in [-0.15, -0.1) is 11.3 Å². The van der Waals surface area contributed by atoms with E-state index < -0.39 is 0 Å². The van der Waals surface area contributed by atoms with Crippen molar-refractivity contribution in [2.75, 3.05) is 0 Å². The maximum absolute atomic E-state index is 6.22. The molecule has 0 aliphatic rings. The van der Waals surface area contributed by atoms with E-state index in [0.29, 0.717) is 23.1 Å². The zero-order valence-electron chi connectivity index (χ0n) is 12.0. The maximum atomic E-state index is 6.22. The Hall–Kier alpha value is -1.10. The Kier molecular flexibility index (Phi) is 5.57. The van der Waals surface area contributed by atoms with Crippen LogP contribution in [0.5, 0.6) is 0 Å². The molecular formula is C17H13Cl3N2S. The maximum Gasteiger partial charge on any atom is 0.107 e. The summed E-state index contributed by atoms with van der Waals surface area (Å²) >= 11 is 19.9. The Bertz CT molecular complexity index is 817. The lowest BCUT2D eigenvalue weighted by Crippen LogP contribution is -2.12. The average molecular weight is 384 g/mol. The van der Waals surface area contributed by atoms with Crippen molar-refractivity contribution >= 4 is 46.1 Å². The van der Waals surface area contributed by atoms with Crippen LogP contribution < -0.4 is 5.32 Å². The summed E-state index contributed by atoms with van der Waals surface area (Å²) in [5.74, 6) is 0. The molecule has 0 radical (unpaired) electrons. The average Bonchev–Trinajstić information content (AvgIpc) is 2.98. The van der Waals surface area contributed by atoms with Crippen molar-refractivity contribution in [2.24, 2.45) is 0 Å². The summed E-state index contributed by atoms with van der Waals surface area (Å²) in [6.45, 7) is 1.34. The van der Waals surface area contributed by atoms with Gasteiger partial charge in [0.25, 0.3) is 0 Å². The second kappa shape index (κ2) is 7.65. The third-order valence-corrected chi connectivity index (χ3v) is 5.25. The SMILES string of the molecule is Clc1ccc(CNCc2ncc(-c3ccccc3Cl)s2)c(Cl)c1. The molecule has 0 aliphatic heterocycles. The molecule has 118 valence electrons. The van der Waals surface area contributed by atoms with Crippen LogP contribution in [0, 0.1) is 0 Å². The van der Waals surface area contributed by atoms with Crippen LogP contribution in [-0.2, 0) is 13.1 Å². The monoisotopic (exact) mass is 382 g/mol. The number of hydrogen-bond acceptors (Lipinski definition) is 3. The topological polar surface area (TPSA) is 24.9 Å². The molecule has 0 saturated heterocycles. The molecule has 2 nitrogen and oxygen atoms in total. The molecule has 3 rings (SSSR count). The summed E-state index contributed by atoms with van der Waals surface area (Å²) in [4.78, 5) is 5.51. The van der Waals surface area contributed by atoms with E-state index in [0.717, 1.165) is 26.0 Å². The molecule has 0 unspecified atom stereocenters. The van der Waals surface area contributed by atoms with Gasteiger partial charge in [-0.3, -0.25) is 0 Å². The number of aromatic nitrogens is 1. The quantitative estimate of drug-likeness (QED) is 0.579. The zero-order valence-corrected chi connectivity index (χ0v) is 15.1. The van der Waals surface area contributed by atoms with E-state index in [1.165, 1.54) is 0 Å². The lowest BCUT2D eigenvalue weighted by molar-refractivity contribution is 0.690. The van der Waals surface area contributed by atoms with Gasteiger partial charge in [-0.05, 0) is 23.8 Å². The molecular weight excluding hydrogens is 371 g/mol. The van der Waals surface area contributed by atoms with Crippen molar-refractivity contribution in [3.63, 3.8) is 0 Å². The first kappa shape index (κ1) is 16.7. The van der Waals surface area contributed by atoms with E-state index >= 15 is 0 Å². The van der Waals surface area contributed by atoms with Crippen LogP contribution in [0.2, 0.25) is 15.1 Å². The van der Waals surface area contributed by atoms with Crippen LogP contribution in [0.3, 0.4) is 0 Å². The molecule has 0 fully saturated rings. The second-order valence-corrected chi connectivity index (χ2v) is 7.30. The molecule has 1 aromatic heterocycles. The smallest absolute Gasteiger partial charge is 0.107 e. The Morgan fingerprint density at radius 3 is 2.57 bits per heavy atom. The van der Waals surface area contributed by atoms with Gasteiger partial charge in [0.15, 0.2) is 0 Å². The normalized spacial score (nSPS) is 10.9. The van der Waals surface area contributed by atoms with Crippen LogP contribution in [-0.4, -0.2) is 4.98 Å². The molecule has 0 amide bonds. The van der Waals surface area contributed by atoms with Crippen LogP contribution in [0.15, 0.2) is 48.7 Å². The summed E-state index contributed by atoms with van der Waals surface area (Å²) in [5.41, 5.74) is 2.03. The van der Waals surface area contributed by atoms with Gasteiger partial charge in [0, 0.05) is 39.9 Å². The Labute approximate surface area is 154 Å². The Morgan fingerprint density at radius 2 is 1.78 bits per heavy atom. The van der Waals surface area contributed by atoms with Gasteiger partial charge in [-0.1, -0.05) is 59.1 Å². The number of hydrogen-bond donors (Lipinski definition) is 1. The molecule has 1 heterocycles. The van der Waals surface area contributed by atoms with Gasteiger partial charge in [0.1, 0.15) is 5.01 Å². The van der Waals surface area contributed by atoms with E-state index in [-0.39, 0.29) is 0 Å². The van der Waals surface area contributed by atoms with E-state index in [1.54, 1.807) is 17.4 Å². The minimum Gasteiger partial charge on any atom is -0.306 e. The summed E-state index contributed by atoms with van der Waals surface area (Å²) in [7, 11) is 0. The molecule has 0 saturated carbocycles. The predicted octanol–water partition coefficient (Wildman–Crippen LogP) is 6.06.